The molecule has 0 atom stereocenters. The lowest BCUT2D eigenvalue weighted by Gasteiger charge is -2.15. The van der Waals surface area contributed by atoms with Gasteiger partial charge in [0.15, 0.2) is 0 Å². The summed E-state index contributed by atoms with van der Waals surface area (Å²) in [6.45, 7) is 6.92. The quantitative estimate of drug-likeness (QED) is 0.682. The molecule has 0 radical (unpaired) electrons. The number of aryl methyl sites for hydroxylation is 1. The highest BCUT2D eigenvalue weighted by Crippen LogP contribution is 2.28. The summed E-state index contributed by atoms with van der Waals surface area (Å²) >= 11 is 3.53. The van der Waals surface area contributed by atoms with Gasteiger partial charge in [0.25, 0.3) is 0 Å². The first-order valence-electron chi connectivity index (χ1n) is 6.92. The number of aliphatic hydroxyl groups is 1. The Balaban J connectivity index is 2.63. The normalized spacial score (nSPS) is 10.7. The highest BCUT2D eigenvalue weighted by Gasteiger charge is 2.08. The van der Waals surface area contributed by atoms with Crippen LogP contribution in [0.1, 0.15) is 37.3 Å². The van der Waals surface area contributed by atoms with Gasteiger partial charge in [-0.05, 0) is 50.4 Å². The largest absolute Gasteiger partial charge is 0.493 e. The predicted octanol–water partition coefficient (Wildman–Crippen LogP) is 3.41. The summed E-state index contributed by atoms with van der Waals surface area (Å²) in [4.78, 5) is 0. The number of ether oxygens (including phenoxy) is 1. The van der Waals surface area contributed by atoms with Gasteiger partial charge in [-0.1, -0.05) is 22.9 Å². The molecule has 0 aliphatic heterocycles. The first kappa shape index (κ1) is 16.5. The van der Waals surface area contributed by atoms with Gasteiger partial charge in [0.1, 0.15) is 5.75 Å². The molecule has 0 fully saturated rings. The summed E-state index contributed by atoms with van der Waals surface area (Å²) < 4.78 is 7.01. The Morgan fingerprint density at radius 1 is 1.26 bits per heavy atom. The van der Waals surface area contributed by atoms with Crippen LogP contribution in [0.15, 0.2) is 16.6 Å². The van der Waals surface area contributed by atoms with E-state index < -0.39 is 0 Å². The second-order valence-corrected chi connectivity index (χ2v) is 5.54. The lowest BCUT2D eigenvalue weighted by Crippen LogP contribution is -2.13. The maximum Gasteiger partial charge on any atom is 0.126 e. The number of benzene rings is 1. The Kier molecular flexibility index (Phi) is 8.10. The van der Waals surface area contributed by atoms with Crippen molar-refractivity contribution in [2.24, 2.45) is 0 Å². The van der Waals surface area contributed by atoms with Crippen LogP contribution in [0, 0.1) is 6.92 Å². The Morgan fingerprint density at radius 3 is 2.74 bits per heavy atom. The van der Waals surface area contributed by atoms with Gasteiger partial charge >= 0.3 is 0 Å². The highest BCUT2D eigenvalue weighted by molar-refractivity contribution is 9.10. The van der Waals surface area contributed by atoms with Gasteiger partial charge < -0.3 is 15.2 Å². The molecule has 1 rings (SSSR count). The number of hydrogen-bond acceptors (Lipinski definition) is 3. The number of unbranched alkanes of at least 4 members (excludes halogenated alkanes) is 2. The zero-order chi connectivity index (χ0) is 14.1. The summed E-state index contributed by atoms with van der Waals surface area (Å²) in [5, 5.41) is 12.1. The minimum absolute atomic E-state index is 0.267. The van der Waals surface area contributed by atoms with Crippen molar-refractivity contribution in [1.29, 1.82) is 0 Å². The molecular formula is C15H24BrNO2. The molecule has 0 saturated heterocycles. The Labute approximate surface area is 124 Å². The zero-order valence-corrected chi connectivity index (χ0v) is 13.4. The lowest BCUT2D eigenvalue weighted by atomic mass is 10.1. The van der Waals surface area contributed by atoms with E-state index in [1.54, 1.807) is 0 Å². The second-order valence-electron chi connectivity index (χ2n) is 4.62. The molecule has 0 spiro atoms. The van der Waals surface area contributed by atoms with E-state index in [4.69, 9.17) is 9.84 Å². The van der Waals surface area contributed by atoms with Crippen molar-refractivity contribution in [2.75, 3.05) is 19.8 Å². The van der Waals surface area contributed by atoms with Crippen LogP contribution in [0.5, 0.6) is 5.75 Å². The average Bonchev–Trinajstić information content (AvgIpc) is 2.38. The number of halogens is 1. The molecule has 0 aliphatic rings. The molecular weight excluding hydrogens is 306 g/mol. The summed E-state index contributed by atoms with van der Waals surface area (Å²) in [6, 6.07) is 4.19. The molecule has 3 nitrogen and oxygen atoms in total. The molecule has 0 saturated carbocycles. The topological polar surface area (TPSA) is 41.5 Å². The fourth-order valence-corrected chi connectivity index (χ4v) is 2.58. The van der Waals surface area contributed by atoms with Gasteiger partial charge in [-0.25, -0.2) is 0 Å². The van der Waals surface area contributed by atoms with E-state index in [2.05, 4.69) is 47.2 Å². The summed E-state index contributed by atoms with van der Waals surface area (Å²) in [5.41, 5.74) is 2.35. The summed E-state index contributed by atoms with van der Waals surface area (Å²) in [7, 11) is 0. The molecule has 0 unspecified atom stereocenters. The molecule has 4 heteroatoms. The highest BCUT2D eigenvalue weighted by atomic mass is 79.9. The van der Waals surface area contributed by atoms with E-state index >= 15 is 0 Å². The van der Waals surface area contributed by atoms with Crippen LogP contribution in [0.2, 0.25) is 0 Å². The van der Waals surface area contributed by atoms with Gasteiger partial charge in [0.05, 0.1) is 6.61 Å². The van der Waals surface area contributed by atoms with Crippen molar-refractivity contribution in [1.82, 2.24) is 5.32 Å². The minimum Gasteiger partial charge on any atom is -0.493 e. The SMILES string of the molecule is CCNCc1cc(Br)cc(C)c1OCCCCCO. The molecule has 0 bridgehead atoms. The molecule has 0 aliphatic carbocycles. The van der Waals surface area contributed by atoms with Crippen LogP contribution >= 0.6 is 15.9 Å². The average molecular weight is 330 g/mol. The second kappa shape index (κ2) is 9.34. The van der Waals surface area contributed by atoms with Crippen LogP contribution in [0.3, 0.4) is 0 Å². The van der Waals surface area contributed by atoms with Crippen molar-refractivity contribution in [3.05, 3.63) is 27.7 Å². The van der Waals surface area contributed by atoms with Gasteiger partial charge in [-0.2, -0.15) is 0 Å². The predicted molar refractivity (Wildman–Crippen MR) is 82.7 cm³/mol. The molecule has 1 aromatic rings. The molecule has 19 heavy (non-hydrogen) atoms. The van der Waals surface area contributed by atoms with Crippen LogP contribution in [-0.2, 0) is 6.54 Å². The van der Waals surface area contributed by atoms with E-state index in [9.17, 15) is 0 Å². The fourth-order valence-electron chi connectivity index (χ4n) is 1.96. The number of aliphatic hydroxyl groups excluding tert-OH is 1. The Morgan fingerprint density at radius 2 is 2.05 bits per heavy atom. The maximum absolute atomic E-state index is 8.74. The molecule has 0 heterocycles. The van der Waals surface area contributed by atoms with Gasteiger partial charge in [-0.3, -0.25) is 0 Å². The zero-order valence-electron chi connectivity index (χ0n) is 11.8. The third kappa shape index (κ3) is 5.93. The number of nitrogens with one attached hydrogen (secondary N) is 1. The minimum atomic E-state index is 0.267. The van der Waals surface area contributed by atoms with Gasteiger partial charge in [0, 0.05) is 23.2 Å². The first-order chi connectivity index (χ1) is 9.19. The number of hydrogen-bond donors (Lipinski definition) is 2. The first-order valence-corrected chi connectivity index (χ1v) is 7.71. The van der Waals surface area contributed by atoms with Crippen molar-refractivity contribution >= 4 is 15.9 Å². The third-order valence-corrected chi connectivity index (χ3v) is 3.39. The van der Waals surface area contributed by atoms with E-state index in [1.165, 1.54) is 5.56 Å². The monoisotopic (exact) mass is 329 g/mol. The van der Waals surface area contributed by atoms with E-state index in [-0.39, 0.29) is 6.61 Å². The van der Waals surface area contributed by atoms with E-state index in [0.717, 1.165) is 48.1 Å². The summed E-state index contributed by atoms with van der Waals surface area (Å²) in [6.07, 6.45) is 2.85. The molecule has 0 aromatic heterocycles. The molecule has 2 N–H and O–H groups in total. The van der Waals surface area contributed by atoms with Crippen LogP contribution in [0.4, 0.5) is 0 Å². The van der Waals surface area contributed by atoms with Gasteiger partial charge in [-0.15, -0.1) is 0 Å². The van der Waals surface area contributed by atoms with Crippen molar-refractivity contribution in [2.45, 2.75) is 39.7 Å². The van der Waals surface area contributed by atoms with E-state index in [0.29, 0.717) is 6.61 Å². The van der Waals surface area contributed by atoms with Crippen molar-refractivity contribution < 1.29 is 9.84 Å². The maximum atomic E-state index is 8.74. The lowest BCUT2D eigenvalue weighted by molar-refractivity contribution is 0.264. The van der Waals surface area contributed by atoms with Crippen LogP contribution in [0.25, 0.3) is 0 Å². The molecule has 0 amide bonds. The smallest absolute Gasteiger partial charge is 0.126 e. The Bertz CT molecular complexity index is 383. The third-order valence-electron chi connectivity index (χ3n) is 2.93. The van der Waals surface area contributed by atoms with E-state index in [1.807, 2.05) is 0 Å². The number of rotatable bonds is 9. The van der Waals surface area contributed by atoms with Gasteiger partial charge in [0.2, 0.25) is 0 Å². The van der Waals surface area contributed by atoms with Crippen LogP contribution in [-0.4, -0.2) is 24.9 Å². The standard InChI is InChI=1S/C15H24BrNO2/c1-3-17-11-13-10-14(16)9-12(2)15(13)19-8-6-4-5-7-18/h9-10,17-18H,3-8,11H2,1-2H3. The van der Waals surface area contributed by atoms with Crippen molar-refractivity contribution in [3.63, 3.8) is 0 Å². The molecule has 1 aromatic carbocycles. The van der Waals surface area contributed by atoms with Crippen LogP contribution < -0.4 is 10.1 Å². The fraction of sp³-hybridized carbons (Fsp3) is 0.600. The molecule has 108 valence electrons. The van der Waals surface area contributed by atoms with Crippen molar-refractivity contribution in [3.8, 4) is 5.75 Å². The summed E-state index contributed by atoms with van der Waals surface area (Å²) in [5.74, 6) is 0.994. The Hall–Kier alpha value is -0.580.